The van der Waals surface area contributed by atoms with Crippen LogP contribution in [-0.4, -0.2) is 21.8 Å². The van der Waals surface area contributed by atoms with Crippen LogP contribution in [0.5, 0.6) is 34.5 Å². The number of hydrogen-bond acceptors (Lipinski definition) is 8. The number of hydrogen-bond donors (Lipinski definition) is 4. The minimum atomic E-state index is -1.14. The quantitative estimate of drug-likeness (QED) is 0.0392. The van der Waals surface area contributed by atoms with Gasteiger partial charge in [-0.15, -0.1) is 0 Å². The molecule has 2 fully saturated rings. The number of carbonyl (C=O) groups excluding carboxylic acids is 2. The number of halogens is 2. The van der Waals surface area contributed by atoms with Crippen LogP contribution in [0.25, 0.3) is 0 Å². The van der Waals surface area contributed by atoms with Gasteiger partial charge in [0.25, 0.3) is 0 Å². The largest absolute Gasteiger partial charge is 0.504 e. The molecule has 76 heavy (non-hydrogen) atoms. The van der Waals surface area contributed by atoms with E-state index >= 15 is 9.59 Å². The van der Waals surface area contributed by atoms with Crippen molar-refractivity contribution in [3.05, 3.63) is 153 Å². The summed E-state index contributed by atoms with van der Waals surface area (Å²) in [7, 11) is 0. The van der Waals surface area contributed by atoms with Crippen LogP contribution in [0.15, 0.2) is 97.1 Å². The highest BCUT2D eigenvalue weighted by molar-refractivity contribution is 6.34. The molecule has 400 valence electrons. The zero-order chi connectivity index (χ0) is 53.3. The molecule has 2 saturated carbocycles. The molecule has 10 heteroatoms. The van der Waals surface area contributed by atoms with Crippen molar-refractivity contribution in [1.29, 1.82) is 0 Å². The van der Waals surface area contributed by atoms with Crippen LogP contribution in [0.4, 0.5) is 31.5 Å². The summed E-state index contributed by atoms with van der Waals surface area (Å²) in [6.45, 7) is 8.46. The average Bonchev–Trinajstić information content (AvgIpc) is 3.43. The highest BCUT2D eigenvalue weighted by Crippen LogP contribution is 2.51. The van der Waals surface area contributed by atoms with Crippen LogP contribution in [0.1, 0.15) is 208 Å². The maximum Gasteiger partial charge on any atom is 0.200 e. The van der Waals surface area contributed by atoms with Crippen LogP contribution in [0, 0.1) is 37.3 Å². The fourth-order valence-electron chi connectivity index (χ4n) is 12.0. The third-order valence-electron chi connectivity index (χ3n) is 16.7. The highest BCUT2D eigenvalue weighted by atomic mass is 19.2. The number of carbonyl (C=O) groups is 2. The Balaban J connectivity index is 1.01. The predicted molar refractivity (Wildman–Crippen MR) is 301 cm³/mol. The summed E-state index contributed by atoms with van der Waals surface area (Å²) in [5, 5.41) is 30.7. The SMILES string of the molecule is CCCCCCCC1CCC(c2ccc(Oc3cc(Nc4ccc(C)c(C)c4)c4c(c3O)C(=O)c3c(Nc5ccc(F)c(F)c5)cc(Oc5ccc(C6CCC(CCCCCCC)CC6)cc5)c(O)c3C4=O)cc2)CC1. The maximum atomic E-state index is 15.3. The summed E-state index contributed by atoms with van der Waals surface area (Å²) in [6.07, 6.45) is 25.1. The van der Waals surface area contributed by atoms with Gasteiger partial charge in [0.2, 0.25) is 11.6 Å². The first-order chi connectivity index (χ1) is 36.9. The number of benzene rings is 6. The molecule has 0 unspecified atom stereocenters. The third-order valence-corrected chi connectivity index (χ3v) is 16.7. The molecule has 6 aromatic rings. The topological polar surface area (TPSA) is 117 Å². The van der Waals surface area contributed by atoms with Crippen LogP contribution < -0.4 is 20.1 Å². The van der Waals surface area contributed by atoms with Gasteiger partial charge in [-0.25, -0.2) is 8.78 Å². The van der Waals surface area contributed by atoms with E-state index in [1.165, 1.54) is 132 Å². The molecular formula is C66H76F2N2O6. The lowest BCUT2D eigenvalue weighted by molar-refractivity contribution is 0.0974. The molecule has 4 N–H and O–H groups in total. The lowest BCUT2D eigenvalue weighted by Gasteiger charge is -2.29. The van der Waals surface area contributed by atoms with Gasteiger partial charge in [-0.2, -0.15) is 0 Å². The van der Waals surface area contributed by atoms with Gasteiger partial charge in [0.15, 0.2) is 34.6 Å². The summed E-state index contributed by atoms with van der Waals surface area (Å²) in [5.41, 5.74) is 4.06. The first kappa shape index (κ1) is 54.1. The molecule has 8 nitrogen and oxygen atoms in total. The number of aryl methyl sites for hydroxylation is 2. The van der Waals surface area contributed by atoms with E-state index in [0.29, 0.717) is 29.0 Å². The molecule has 0 radical (unpaired) electrons. The first-order valence-electron chi connectivity index (χ1n) is 28.4. The number of phenols is 2. The number of unbranched alkanes of at least 4 members (excludes halogenated alkanes) is 8. The maximum absolute atomic E-state index is 15.3. The monoisotopic (exact) mass is 1030 g/mol. The van der Waals surface area contributed by atoms with E-state index in [4.69, 9.17) is 9.47 Å². The van der Waals surface area contributed by atoms with Crippen molar-refractivity contribution in [2.24, 2.45) is 11.8 Å². The number of ether oxygens (including phenoxy) is 2. The zero-order valence-corrected chi connectivity index (χ0v) is 45.0. The van der Waals surface area contributed by atoms with Crippen molar-refractivity contribution in [1.82, 2.24) is 0 Å². The van der Waals surface area contributed by atoms with Crippen LogP contribution >= 0.6 is 0 Å². The summed E-state index contributed by atoms with van der Waals surface area (Å²) in [4.78, 5) is 30.5. The molecule has 0 heterocycles. The molecular weight excluding hydrogens is 955 g/mol. The fraction of sp³-hybridized carbons (Fsp3) is 0.424. The van der Waals surface area contributed by atoms with Crippen LogP contribution in [0.2, 0.25) is 0 Å². The Bertz CT molecular complexity index is 2790. The Morgan fingerprint density at radius 3 is 1.32 bits per heavy atom. The van der Waals surface area contributed by atoms with E-state index in [0.717, 1.165) is 60.8 Å². The van der Waals surface area contributed by atoms with Gasteiger partial charge >= 0.3 is 0 Å². The molecule has 9 rings (SSSR count). The van der Waals surface area contributed by atoms with Crippen molar-refractivity contribution < 1.29 is 38.1 Å². The molecule has 0 bridgehead atoms. The number of ketones is 2. The average molecular weight is 1030 g/mol. The predicted octanol–water partition coefficient (Wildman–Crippen LogP) is 19.1. The van der Waals surface area contributed by atoms with Crippen LogP contribution in [-0.2, 0) is 0 Å². The zero-order valence-electron chi connectivity index (χ0n) is 45.0. The number of fused-ring (bicyclic) bond motifs is 2. The summed E-state index contributed by atoms with van der Waals surface area (Å²) in [6, 6.07) is 27.3. The van der Waals surface area contributed by atoms with Crippen molar-refractivity contribution in [2.45, 2.75) is 168 Å². The second-order valence-electron chi connectivity index (χ2n) is 22.1. The second-order valence-corrected chi connectivity index (χ2v) is 22.1. The summed E-state index contributed by atoms with van der Waals surface area (Å²) >= 11 is 0. The molecule has 3 aliphatic carbocycles. The summed E-state index contributed by atoms with van der Waals surface area (Å²) < 4.78 is 41.8. The first-order valence-corrected chi connectivity index (χ1v) is 28.4. The van der Waals surface area contributed by atoms with Crippen molar-refractivity contribution in [2.75, 3.05) is 10.6 Å². The van der Waals surface area contributed by atoms with Crippen molar-refractivity contribution >= 4 is 34.3 Å². The Morgan fingerprint density at radius 1 is 0.474 bits per heavy atom. The van der Waals surface area contributed by atoms with E-state index in [-0.39, 0.29) is 50.8 Å². The lowest BCUT2D eigenvalue weighted by Crippen LogP contribution is -2.24. The number of rotatable bonds is 22. The van der Waals surface area contributed by atoms with Crippen molar-refractivity contribution in [3.63, 3.8) is 0 Å². The molecule has 0 aliphatic heterocycles. The Labute approximate surface area is 448 Å². The number of phenolic OH excluding ortho intramolecular Hbond substituents is 2. The molecule has 0 spiro atoms. The minimum Gasteiger partial charge on any atom is -0.504 e. The molecule has 0 amide bonds. The van der Waals surface area contributed by atoms with Gasteiger partial charge in [-0.05, 0) is 160 Å². The Hall–Kier alpha value is -6.68. The van der Waals surface area contributed by atoms with E-state index in [9.17, 15) is 19.0 Å². The standard InChI is InChI=1S/C66H76F2N2O6/c1-5-7-9-11-13-15-43-18-22-45(23-19-43)47-26-32-51(33-27-47)75-57-39-55(69-49-30-17-41(3)42(4)37-49)59-61(63(57)71)66(74)60-56(70-50-31-36-53(67)54(68)38-50)40-58(64(72)62(60)65(59)73)76-52-34-28-48(29-35-52)46-24-20-44(21-25-46)16-14-12-10-8-6-2/h17,26-40,43-46,69-72H,5-16,18-25H2,1-4H3. The normalized spacial score (nSPS) is 18.2. The van der Waals surface area contributed by atoms with Gasteiger partial charge in [-0.1, -0.05) is 121 Å². The van der Waals surface area contributed by atoms with Crippen molar-refractivity contribution in [3.8, 4) is 34.5 Å². The lowest BCUT2D eigenvalue weighted by atomic mass is 9.77. The number of aromatic hydroxyl groups is 2. The van der Waals surface area contributed by atoms with E-state index in [2.05, 4.69) is 36.6 Å². The summed E-state index contributed by atoms with van der Waals surface area (Å²) in [5.74, 6) is -1.94. The molecule has 0 aromatic heterocycles. The Morgan fingerprint density at radius 2 is 0.895 bits per heavy atom. The van der Waals surface area contributed by atoms with Gasteiger partial charge in [0.1, 0.15) is 11.5 Å². The molecule has 0 atom stereocenters. The smallest absolute Gasteiger partial charge is 0.200 e. The Kier molecular flexibility index (Phi) is 17.8. The van der Waals surface area contributed by atoms with E-state index in [1.807, 2.05) is 68.4 Å². The molecule has 0 saturated heterocycles. The number of anilines is 4. The van der Waals surface area contributed by atoms with E-state index < -0.39 is 34.7 Å². The molecule has 6 aromatic carbocycles. The van der Waals surface area contributed by atoms with E-state index in [1.54, 1.807) is 0 Å². The van der Waals surface area contributed by atoms with Crippen LogP contribution in [0.3, 0.4) is 0 Å². The van der Waals surface area contributed by atoms with Gasteiger partial charge in [0, 0.05) is 29.6 Å². The fourth-order valence-corrected chi connectivity index (χ4v) is 12.0. The van der Waals surface area contributed by atoms with Gasteiger partial charge in [-0.3, -0.25) is 9.59 Å². The van der Waals surface area contributed by atoms with Gasteiger partial charge in [0.05, 0.1) is 33.6 Å². The third kappa shape index (κ3) is 12.6. The minimum absolute atomic E-state index is 0.0393. The van der Waals surface area contributed by atoms with Gasteiger partial charge < -0.3 is 30.3 Å². The second kappa shape index (κ2) is 25.0. The highest BCUT2D eigenvalue weighted by Gasteiger charge is 2.41. The molecule has 3 aliphatic rings. The number of nitrogens with one attached hydrogen (secondary N) is 2.